The van der Waals surface area contributed by atoms with Gasteiger partial charge in [-0.3, -0.25) is 9.78 Å². The van der Waals surface area contributed by atoms with Gasteiger partial charge in [0.05, 0.1) is 29.2 Å². The van der Waals surface area contributed by atoms with E-state index in [9.17, 15) is 18.0 Å². The predicted octanol–water partition coefficient (Wildman–Crippen LogP) is 4.51. The molecule has 0 spiro atoms. The van der Waals surface area contributed by atoms with Crippen molar-refractivity contribution in [1.82, 2.24) is 9.29 Å². The van der Waals surface area contributed by atoms with E-state index in [-0.39, 0.29) is 23.4 Å². The summed E-state index contributed by atoms with van der Waals surface area (Å²) in [6.07, 6.45) is 2.50. The number of rotatable bonds is 6. The SMILES string of the molecule is Cc1ccc(NC(=O)COC(=O)c2c3c(nc4ccccc24)CC[C@@H](C(C)(C)C)C3)cc1S(=O)(=O)N1CCOCC1. The van der Waals surface area contributed by atoms with E-state index in [0.717, 1.165) is 36.0 Å². The summed E-state index contributed by atoms with van der Waals surface area (Å²) < 4.78 is 38.6. The van der Waals surface area contributed by atoms with Gasteiger partial charge in [-0.05, 0) is 66.8 Å². The Kier molecular flexibility index (Phi) is 8.18. The molecule has 0 saturated carbocycles. The zero-order valence-corrected chi connectivity index (χ0v) is 24.8. The molecule has 41 heavy (non-hydrogen) atoms. The summed E-state index contributed by atoms with van der Waals surface area (Å²) >= 11 is 0. The molecule has 1 saturated heterocycles. The fourth-order valence-corrected chi connectivity index (χ4v) is 7.30. The predicted molar refractivity (Wildman–Crippen MR) is 156 cm³/mol. The normalized spacial score (nSPS) is 18.1. The third-order valence-corrected chi connectivity index (χ3v) is 10.1. The van der Waals surface area contributed by atoms with Crippen molar-refractivity contribution in [3.8, 4) is 0 Å². The number of carbonyl (C=O) groups excluding carboxylic acids is 2. The lowest BCUT2D eigenvalue weighted by Gasteiger charge is -2.35. The molecule has 0 unspecified atom stereocenters. The summed E-state index contributed by atoms with van der Waals surface area (Å²) in [7, 11) is -3.75. The summed E-state index contributed by atoms with van der Waals surface area (Å²) in [6.45, 7) is 9.07. The van der Waals surface area contributed by atoms with Crippen molar-refractivity contribution in [2.45, 2.75) is 51.9 Å². The zero-order chi connectivity index (χ0) is 29.4. The van der Waals surface area contributed by atoms with Crippen LogP contribution in [0.1, 0.15) is 54.4 Å². The lowest BCUT2D eigenvalue weighted by atomic mass is 9.70. The van der Waals surface area contributed by atoms with E-state index in [1.165, 1.54) is 10.4 Å². The summed E-state index contributed by atoms with van der Waals surface area (Å²) in [4.78, 5) is 31.4. The average Bonchev–Trinajstić information content (AvgIpc) is 2.95. The highest BCUT2D eigenvalue weighted by Gasteiger charge is 2.33. The molecular weight excluding hydrogens is 542 g/mol. The number of nitrogens with zero attached hydrogens (tertiary/aromatic N) is 2. The Balaban J connectivity index is 1.34. The average molecular weight is 580 g/mol. The maximum atomic E-state index is 13.5. The quantitative estimate of drug-likeness (QED) is 0.427. The number of hydrogen-bond acceptors (Lipinski definition) is 7. The fraction of sp³-hybridized carbons (Fsp3) is 0.452. The maximum Gasteiger partial charge on any atom is 0.339 e. The van der Waals surface area contributed by atoms with Crippen molar-refractivity contribution in [1.29, 1.82) is 0 Å². The van der Waals surface area contributed by atoms with Crippen LogP contribution < -0.4 is 5.32 Å². The van der Waals surface area contributed by atoms with Crippen LogP contribution in [0.5, 0.6) is 0 Å². The summed E-state index contributed by atoms with van der Waals surface area (Å²) in [6, 6.07) is 12.2. The van der Waals surface area contributed by atoms with Crippen LogP contribution in [0.4, 0.5) is 5.69 Å². The Morgan fingerprint density at radius 2 is 1.85 bits per heavy atom. The van der Waals surface area contributed by atoms with E-state index in [1.54, 1.807) is 19.1 Å². The number of nitrogens with one attached hydrogen (secondary N) is 1. The third kappa shape index (κ3) is 6.14. The van der Waals surface area contributed by atoms with Gasteiger partial charge in [0, 0.05) is 29.9 Å². The molecule has 0 bridgehead atoms. The molecule has 9 nitrogen and oxygen atoms in total. The van der Waals surface area contributed by atoms with Crippen molar-refractivity contribution < 1.29 is 27.5 Å². The maximum absolute atomic E-state index is 13.5. The molecule has 2 aromatic carbocycles. The first-order chi connectivity index (χ1) is 19.4. The Bertz CT molecular complexity index is 1590. The van der Waals surface area contributed by atoms with Gasteiger partial charge in [-0.2, -0.15) is 4.31 Å². The number of fused-ring (bicyclic) bond motifs is 2. The van der Waals surface area contributed by atoms with Gasteiger partial charge in [0.25, 0.3) is 5.91 Å². The second-order valence-electron chi connectivity index (χ2n) is 11.9. The number of amides is 1. The van der Waals surface area contributed by atoms with Crippen molar-refractivity contribution >= 4 is 38.5 Å². The smallest absolute Gasteiger partial charge is 0.339 e. The van der Waals surface area contributed by atoms with Gasteiger partial charge >= 0.3 is 5.97 Å². The minimum absolute atomic E-state index is 0.0759. The van der Waals surface area contributed by atoms with Crippen molar-refractivity contribution in [3.05, 3.63) is 64.8 Å². The number of carbonyl (C=O) groups is 2. The van der Waals surface area contributed by atoms with E-state index in [4.69, 9.17) is 14.5 Å². The molecule has 3 aromatic rings. The van der Waals surface area contributed by atoms with Crippen molar-refractivity contribution in [2.75, 3.05) is 38.2 Å². The number of pyridine rings is 1. The molecule has 1 amide bonds. The van der Waals surface area contributed by atoms with Crippen LogP contribution in [0.3, 0.4) is 0 Å². The summed E-state index contributed by atoms with van der Waals surface area (Å²) in [5.41, 5.74) is 3.97. The Morgan fingerprint density at radius 3 is 2.59 bits per heavy atom. The fourth-order valence-electron chi connectivity index (χ4n) is 5.64. The molecule has 5 rings (SSSR count). The van der Waals surface area contributed by atoms with Gasteiger partial charge in [-0.25, -0.2) is 13.2 Å². The molecule has 1 fully saturated rings. The van der Waals surface area contributed by atoms with Gasteiger partial charge < -0.3 is 14.8 Å². The topological polar surface area (TPSA) is 115 Å². The number of ether oxygens (including phenoxy) is 2. The molecule has 1 aliphatic carbocycles. The summed E-state index contributed by atoms with van der Waals surface area (Å²) in [5, 5.41) is 3.39. The highest BCUT2D eigenvalue weighted by Crippen LogP contribution is 2.39. The van der Waals surface area contributed by atoms with Gasteiger partial charge in [0.1, 0.15) is 0 Å². The highest BCUT2D eigenvalue weighted by molar-refractivity contribution is 7.89. The zero-order valence-electron chi connectivity index (χ0n) is 24.0. The van der Waals surface area contributed by atoms with E-state index in [2.05, 4.69) is 26.1 Å². The van der Waals surface area contributed by atoms with Gasteiger partial charge in [0.15, 0.2) is 6.61 Å². The van der Waals surface area contributed by atoms with Crippen LogP contribution in [0.25, 0.3) is 10.9 Å². The molecule has 218 valence electrons. The first kappa shape index (κ1) is 29.2. The lowest BCUT2D eigenvalue weighted by molar-refractivity contribution is -0.119. The first-order valence-corrected chi connectivity index (χ1v) is 15.4. The number of anilines is 1. The van der Waals surface area contributed by atoms with Crippen LogP contribution in [0.2, 0.25) is 0 Å². The number of esters is 1. The molecular formula is C31H37N3O6S. The minimum atomic E-state index is -3.75. The Labute approximate surface area is 241 Å². The first-order valence-electron chi connectivity index (χ1n) is 14.0. The second kappa shape index (κ2) is 11.5. The van der Waals surface area contributed by atoms with Crippen LogP contribution in [-0.2, 0) is 37.1 Å². The Hall–Kier alpha value is -3.34. The van der Waals surface area contributed by atoms with Crippen LogP contribution in [0, 0.1) is 18.3 Å². The van der Waals surface area contributed by atoms with E-state index >= 15 is 0 Å². The van der Waals surface area contributed by atoms with Crippen molar-refractivity contribution in [3.63, 3.8) is 0 Å². The molecule has 1 atom stereocenters. The lowest BCUT2D eigenvalue weighted by Crippen LogP contribution is -2.40. The molecule has 1 aromatic heterocycles. The Morgan fingerprint density at radius 1 is 1.12 bits per heavy atom. The number of hydrogen-bond donors (Lipinski definition) is 1. The van der Waals surface area contributed by atoms with Crippen molar-refractivity contribution in [2.24, 2.45) is 11.3 Å². The van der Waals surface area contributed by atoms with Crippen LogP contribution in [0.15, 0.2) is 47.4 Å². The summed E-state index contributed by atoms with van der Waals surface area (Å²) in [5.74, 6) is -0.738. The van der Waals surface area contributed by atoms with Gasteiger partial charge in [-0.1, -0.05) is 45.0 Å². The van der Waals surface area contributed by atoms with E-state index < -0.39 is 28.5 Å². The van der Waals surface area contributed by atoms with E-state index in [1.807, 2.05) is 24.3 Å². The van der Waals surface area contributed by atoms with Gasteiger partial charge in [0.2, 0.25) is 10.0 Å². The number of sulfonamides is 1. The largest absolute Gasteiger partial charge is 0.452 e. The van der Waals surface area contributed by atoms with Crippen LogP contribution in [-0.4, -0.2) is 62.5 Å². The molecule has 10 heteroatoms. The second-order valence-corrected chi connectivity index (χ2v) is 13.8. The molecule has 2 heterocycles. The number of benzene rings is 2. The molecule has 2 aliphatic rings. The number of para-hydroxylation sites is 1. The molecule has 1 N–H and O–H groups in total. The molecule has 0 radical (unpaired) electrons. The number of aromatic nitrogens is 1. The number of morpholine rings is 1. The number of aryl methyl sites for hydroxylation is 2. The molecule has 1 aliphatic heterocycles. The van der Waals surface area contributed by atoms with Crippen LogP contribution >= 0.6 is 0 Å². The standard InChI is InChI=1S/C31H37N3O6S/c1-20-9-11-22(18-27(20)41(37,38)34-13-15-39-16-14-34)32-28(35)19-40-30(36)29-23-7-5-6-8-25(23)33-26-12-10-21(17-24(26)29)31(2,3)4/h5-9,11,18,21H,10,12-17,19H2,1-4H3,(H,32,35)/t21-/m1/s1. The van der Waals surface area contributed by atoms with E-state index in [0.29, 0.717) is 41.3 Å². The minimum Gasteiger partial charge on any atom is -0.452 e. The highest BCUT2D eigenvalue weighted by atomic mass is 32.2. The monoisotopic (exact) mass is 579 g/mol. The van der Waals surface area contributed by atoms with Gasteiger partial charge in [-0.15, -0.1) is 0 Å². The third-order valence-electron chi connectivity index (χ3n) is 8.08.